The Hall–Kier alpha value is -0.820. The number of benzene rings is 1. The Kier molecular flexibility index (Phi) is 3.79. The van der Waals surface area contributed by atoms with E-state index in [4.69, 9.17) is 0 Å². The molecule has 1 heterocycles. The van der Waals surface area contributed by atoms with Gasteiger partial charge < -0.3 is 4.90 Å². The van der Waals surface area contributed by atoms with Crippen molar-refractivity contribution in [2.75, 3.05) is 19.6 Å². The smallest absolute Gasteiger partial charge is 0.00129 e. The summed E-state index contributed by atoms with van der Waals surface area (Å²) in [6.45, 7) is 6.08. The van der Waals surface area contributed by atoms with Gasteiger partial charge in [-0.2, -0.15) is 0 Å². The fraction of sp³-hybridized carbons (Fsp3) is 0.571. The molecule has 1 aromatic rings. The molecule has 1 aliphatic heterocycles. The first-order chi connectivity index (χ1) is 7.40. The average Bonchev–Trinajstić information content (AvgIpc) is 2.32. The summed E-state index contributed by atoms with van der Waals surface area (Å²) < 4.78 is 0. The number of likely N-dealkylation sites (tertiary alicyclic amines) is 1. The van der Waals surface area contributed by atoms with Crippen LogP contribution < -0.4 is 0 Å². The van der Waals surface area contributed by atoms with Gasteiger partial charge in [-0.05, 0) is 56.4 Å². The third kappa shape index (κ3) is 2.82. The second-order valence-corrected chi connectivity index (χ2v) is 4.45. The molecule has 1 saturated heterocycles. The Labute approximate surface area is 93.1 Å². The summed E-state index contributed by atoms with van der Waals surface area (Å²) >= 11 is 0. The average molecular weight is 202 g/mol. The lowest BCUT2D eigenvalue weighted by atomic mass is 9.89. The van der Waals surface area contributed by atoms with Gasteiger partial charge >= 0.3 is 0 Å². The predicted octanol–water partition coefficient (Wildman–Crippen LogP) is 3.08. The second kappa shape index (κ2) is 5.32. The van der Waals surface area contributed by atoms with E-state index >= 15 is 0 Å². The maximum atomic E-state index is 3.18. The molecule has 0 aromatic heterocycles. The molecule has 81 valence electrons. The van der Waals surface area contributed by atoms with Crippen LogP contribution in [0.4, 0.5) is 0 Å². The minimum absolute atomic E-state index is 0.774. The van der Waals surface area contributed by atoms with Crippen LogP contribution in [0.3, 0.4) is 0 Å². The number of nitrogens with zero attached hydrogens (tertiary/aromatic N) is 1. The zero-order valence-corrected chi connectivity index (χ0v) is 9.58. The minimum atomic E-state index is 0.774. The molecule has 0 aliphatic carbocycles. The molecule has 15 heavy (non-hydrogen) atoms. The summed E-state index contributed by atoms with van der Waals surface area (Å²) in [7, 11) is 0. The fourth-order valence-electron chi connectivity index (χ4n) is 2.47. The van der Waals surface area contributed by atoms with E-state index in [1.807, 2.05) is 6.07 Å². The molecule has 0 N–H and O–H groups in total. The van der Waals surface area contributed by atoms with Crippen molar-refractivity contribution in [3.63, 3.8) is 0 Å². The molecule has 2 rings (SSSR count). The van der Waals surface area contributed by atoms with E-state index in [1.54, 1.807) is 0 Å². The van der Waals surface area contributed by atoms with Crippen molar-refractivity contribution in [2.45, 2.75) is 32.1 Å². The molecule has 1 radical (unpaired) electrons. The summed E-state index contributed by atoms with van der Waals surface area (Å²) in [5, 5.41) is 0. The predicted molar refractivity (Wildman–Crippen MR) is 64.0 cm³/mol. The summed E-state index contributed by atoms with van der Waals surface area (Å²) in [5.74, 6) is 0.774. The van der Waals surface area contributed by atoms with E-state index in [0.29, 0.717) is 0 Å². The third-order valence-electron chi connectivity index (χ3n) is 3.33. The van der Waals surface area contributed by atoms with Gasteiger partial charge in [0.2, 0.25) is 0 Å². The van der Waals surface area contributed by atoms with E-state index in [0.717, 1.165) is 5.92 Å². The molecule has 0 unspecified atom stereocenters. The maximum absolute atomic E-state index is 3.18. The molecule has 1 aliphatic rings. The Morgan fingerprint density at radius 1 is 1.40 bits per heavy atom. The van der Waals surface area contributed by atoms with E-state index in [-0.39, 0.29) is 0 Å². The van der Waals surface area contributed by atoms with Gasteiger partial charge in [0, 0.05) is 0 Å². The summed E-state index contributed by atoms with van der Waals surface area (Å²) in [4.78, 5) is 2.59. The molecule has 0 bridgehead atoms. The van der Waals surface area contributed by atoms with Crippen LogP contribution in [-0.2, 0) is 0 Å². The first-order valence-electron chi connectivity index (χ1n) is 6.08. The van der Waals surface area contributed by atoms with Crippen LogP contribution in [0.2, 0.25) is 0 Å². The summed E-state index contributed by atoms with van der Waals surface area (Å²) in [6.07, 6.45) is 3.92. The Morgan fingerprint density at radius 3 is 2.80 bits per heavy atom. The van der Waals surface area contributed by atoms with E-state index in [2.05, 4.69) is 36.1 Å². The zero-order chi connectivity index (χ0) is 10.5. The number of hydrogen-bond acceptors (Lipinski definition) is 1. The fourth-order valence-corrected chi connectivity index (χ4v) is 2.47. The summed E-state index contributed by atoms with van der Waals surface area (Å²) in [6, 6.07) is 11.7. The lowest BCUT2D eigenvalue weighted by Crippen LogP contribution is -2.33. The third-order valence-corrected chi connectivity index (χ3v) is 3.33. The van der Waals surface area contributed by atoms with Crippen LogP contribution in [0.5, 0.6) is 0 Å². The highest BCUT2D eigenvalue weighted by Crippen LogP contribution is 2.27. The van der Waals surface area contributed by atoms with Gasteiger partial charge in [-0.3, -0.25) is 0 Å². The second-order valence-electron chi connectivity index (χ2n) is 4.45. The monoisotopic (exact) mass is 202 g/mol. The molecule has 1 nitrogen and oxygen atoms in total. The normalized spacial score (nSPS) is 19.3. The van der Waals surface area contributed by atoms with Gasteiger partial charge in [-0.1, -0.05) is 31.2 Å². The van der Waals surface area contributed by atoms with Gasteiger partial charge in [-0.15, -0.1) is 0 Å². The number of rotatable bonds is 3. The SMILES string of the molecule is CCCN1CCC(c2c[c]ccc2)CC1. The lowest BCUT2D eigenvalue weighted by molar-refractivity contribution is 0.213. The van der Waals surface area contributed by atoms with Crippen molar-refractivity contribution in [1.82, 2.24) is 4.90 Å². The van der Waals surface area contributed by atoms with Crippen LogP contribution in [0.1, 0.15) is 37.7 Å². The molecular weight excluding hydrogens is 182 g/mol. The Balaban J connectivity index is 1.88. The van der Waals surface area contributed by atoms with Gasteiger partial charge in [0.25, 0.3) is 0 Å². The largest absolute Gasteiger partial charge is 0.303 e. The molecule has 0 amide bonds. The Bertz CT molecular complexity index is 273. The van der Waals surface area contributed by atoms with Crippen LogP contribution in [0.25, 0.3) is 0 Å². The van der Waals surface area contributed by atoms with Gasteiger partial charge in [0.15, 0.2) is 0 Å². The highest BCUT2D eigenvalue weighted by atomic mass is 15.1. The molecule has 1 heteroatoms. The highest BCUT2D eigenvalue weighted by Gasteiger charge is 2.19. The Morgan fingerprint density at radius 2 is 2.20 bits per heavy atom. The van der Waals surface area contributed by atoms with Crippen molar-refractivity contribution in [3.05, 3.63) is 35.9 Å². The van der Waals surface area contributed by atoms with Gasteiger partial charge in [0.05, 0.1) is 0 Å². The van der Waals surface area contributed by atoms with Crippen LogP contribution in [-0.4, -0.2) is 24.5 Å². The van der Waals surface area contributed by atoms with Crippen LogP contribution in [0, 0.1) is 6.07 Å². The maximum Gasteiger partial charge on any atom is -0.00129 e. The molecular formula is C14H20N. The van der Waals surface area contributed by atoms with E-state index in [9.17, 15) is 0 Å². The summed E-state index contributed by atoms with van der Waals surface area (Å²) in [5.41, 5.74) is 1.48. The highest BCUT2D eigenvalue weighted by molar-refractivity contribution is 5.19. The first-order valence-corrected chi connectivity index (χ1v) is 6.08. The van der Waals surface area contributed by atoms with Gasteiger partial charge in [-0.25, -0.2) is 0 Å². The molecule has 1 aromatic carbocycles. The van der Waals surface area contributed by atoms with Crippen LogP contribution >= 0.6 is 0 Å². The van der Waals surface area contributed by atoms with Crippen molar-refractivity contribution < 1.29 is 0 Å². The topological polar surface area (TPSA) is 3.24 Å². The van der Waals surface area contributed by atoms with E-state index in [1.165, 1.54) is 44.5 Å². The first kappa shape index (κ1) is 10.7. The number of piperidine rings is 1. The molecule has 0 spiro atoms. The lowest BCUT2D eigenvalue weighted by Gasteiger charge is -2.31. The quantitative estimate of drug-likeness (QED) is 0.728. The molecule has 0 atom stereocenters. The van der Waals surface area contributed by atoms with Crippen LogP contribution in [0.15, 0.2) is 24.3 Å². The minimum Gasteiger partial charge on any atom is -0.303 e. The van der Waals surface area contributed by atoms with Crippen molar-refractivity contribution >= 4 is 0 Å². The number of hydrogen-bond donors (Lipinski definition) is 0. The van der Waals surface area contributed by atoms with Gasteiger partial charge in [0.1, 0.15) is 0 Å². The van der Waals surface area contributed by atoms with Crippen molar-refractivity contribution in [1.29, 1.82) is 0 Å². The van der Waals surface area contributed by atoms with Crippen molar-refractivity contribution in [3.8, 4) is 0 Å². The zero-order valence-electron chi connectivity index (χ0n) is 9.58. The molecule has 0 saturated carbocycles. The standard InChI is InChI=1S/C14H20N/c1-2-10-15-11-8-14(9-12-15)13-6-4-3-5-7-13/h3-4,6-7,14H,2,8-12H2,1H3. The molecule has 1 fully saturated rings. The van der Waals surface area contributed by atoms with Crippen molar-refractivity contribution in [2.24, 2.45) is 0 Å². The van der Waals surface area contributed by atoms with E-state index < -0.39 is 0 Å².